The second-order valence-corrected chi connectivity index (χ2v) is 8.68. The van der Waals surface area contributed by atoms with Crippen LogP contribution in [-0.2, 0) is 19.8 Å². The molecule has 0 unspecified atom stereocenters. The van der Waals surface area contributed by atoms with E-state index in [0.717, 1.165) is 33.4 Å². The normalized spacial score (nSPS) is 10.4. The Kier molecular flexibility index (Phi) is 7.98. The molecule has 0 bridgehead atoms. The summed E-state index contributed by atoms with van der Waals surface area (Å²) in [7, 11) is 0. The van der Waals surface area contributed by atoms with Crippen molar-refractivity contribution in [2.24, 2.45) is 0 Å². The van der Waals surface area contributed by atoms with Crippen molar-refractivity contribution in [1.29, 1.82) is 0 Å². The molecule has 0 fully saturated rings. The standard InChI is InChI=1S/C34H27NO3/c1-2-29-18-19-30(36-23-26-12-6-3-7-13-26)22-32(29)31-20-21-33(37-24-27-14-8-4-9-15-27)35-34(31)38-25-28-16-10-5-11-17-28/h1,3-22H,23-25H2. The molecule has 0 N–H and O–H groups in total. The minimum absolute atomic E-state index is 0.360. The number of ether oxygens (including phenoxy) is 3. The first-order valence-corrected chi connectivity index (χ1v) is 12.4. The fourth-order valence-electron chi connectivity index (χ4n) is 3.98. The van der Waals surface area contributed by atoms with E-state index in [1.807, 2.05) is 121 Å². The number of hydrogen-bond acceptors (Lipinski definition) is 4. The van der Waals surface area contributed by atoms with Gasteiger partial charge in [-0.3, -0.25) is 0 Å². The summed E-state index contributed by atoms with van der Waals surface area (Å²) in [6.45, 7) is 1.22. The zero-order chi connectivity index (χ0) is 26.0. The molecule has 0 radical (unpaired) electrons. The van der Waals surface area contributed by atoms with E-state index >= 15 is 0 Å². The van der Waals surface area contributed by atoms with Gasteiger partial charge < -0.3 is 14.2 Å². The van der Waals surface area contributed by atoms with Crippen LogP contribution in [0.1, 0.15) is 22.3 Å². The number of aromatic nitrogens is 1. The van der Waals surface area contributed by atoms with Crippen molar-refractivity contribution >= 4 is 0 Å². The van der Waals surface area contributed by atoms with Gasteiger partial charge in [-0.25, -0.2) is 0 Å². The highest BCUT2D eigenvalue weighted by Crippen LogP contribution is 2.35. The highest BCUT2D eigenvalue weighted by atomic mass is 16.5. The summed E-state index contributed by atoms with van der Waals surface area (Å²) in [6, 6.07) is 39.5. The van der Waals surface area contributed by atoms with Crippen LogP contribution in [0.15, 0.2) is 121 Å². The van der Waals surface area contributed by atoms with Crippen molar-refractivity contribution in [2.75, 3.05) is 0 Å². The van der Waals surface area contributed by atoms with Gasteiger partial charge in [0.2, 0.25) is 11.8 Å². The number of hydrogen-bond donors (Lipinski definition) is 0. The largest absolute Gasteiger partial charge is 0.489 e. The summed E-state index contributed by atoms with van der Waals surface area (Å²) in [5.41, 5.74) is 5.48. The number of nitrogens with zero attached hydrogens (tertiary/aromatic N) is 1. The lowest BCUT2D eigenvalue weighted by atomic mass is 10.0. The average molecular weight is 498 g/mol. The summed E-state index contributed by atoms with van der Waals surface area (Å²) in [6.07, 6.45) is 5.88. The average Bonchev–Trinajstić information content (AvgIpc) is 2.99. The van der Waals surface area contributed by atoms with E-state index in [2.05, 4.69) is 5.92 Å². The second-order valence-electron chi connectivity index (χ2n) is 8.68. The van der Waals surface area contributed by atoms with Crippen molar-refractivity contribution < 1.29 is 14.2 Å². The van der Waals surface area contributed by atoms with Crippen molar-refractivity contribution in [3.8, 4) is 41.0 Å². The first kappa shape index (κ1) is 24.7. The zero-order valence-corrected chi connectivity index (χ0v) is 20.9. The van der Waals surface area contributed by atoms with Crippen LogP contribution in [-0.4, -0.2) is 4.98 Å². The van der Waals surface area contributed by atoms with E-state index < -0.39 is 0 Å². The maximum atomic E-state index is 6.24. The van der Waals surface area contributed by atoms with Crippen molar-refractivity contribution in [2.45, 2.75) is 19.8 Å². The maximum Gasteiger partial charge on any atom is 0.225 e. The van der Waals surface area contributed by atoms with Gasteiger partial charge in [-0.15, -0.1) is 6.42 Å². The third-order valence-electron chi connectivity index (χ3n) is 5.97. The molecular formula is C34H27NO3. The molecule has 0 saturated carbocycles. The lowest BCUT2D eigenvalue weighted by Crippen LogP contribution is -2.03. The van der Waals surface area contributed by atoms with Crippen LogP contribution in [0.3, 0.4) is 0 Å². The molecule has 0 aliphatic carbocycles. The van der Waals surface area contributed by atoms with Crippen molar-refractivity contribution in [3.05, 3.63) is 144 Å². The Labute approximate surface area is 223 Å². The Morgan fingerprint density at radius 1 is 0.553 bits per heavy atom. The molecule has 0 spiro atoms. The molecule has 5 aromatic rings. The van der Waals surface area contributed by atoms with E-state index in [1.165, 1.54) is 0 Å². The molecule has 38 heavy (non-hydrogen) atoms. The third-order valence-corrected chi connectivity index (χ3v) is 5.97. The fraction of sp³-hybridized carbons (Fsp3) is 0.0882. The second kappa shape index (κ2) is 12.3. The van der Waals surface area contributed by atoms with Crippen LogP contribution in [0.5, 0.6) is 17.5 Å². The van der Waals surface area contributed by atoms with E-state index in [9.17, 15) is 0 Å². The molecule has 4 aromatic carbocycles. The van der Waals surface area contributed by atoms with E-state index in [1.54, 1.807) is 0 Å². The van der Waals surface area contributed by atoms with E-state index in [4.69, 9.17) is 25.6 Å². The molecule has 0 amide bonds. The lowest BCUT2D eigenvalue weighted by Gasteiger charge is -2.15. The Morgan fingerprint density at radius 3 is 1.68 bits per heavy atom. The van der Waals surface area contributed by atoms with Crippen molar-refractivity contribution in [3.63, 3.8) is 0 Å². The first-order chi connectivity index (χ1) is 18.8. The SMILES string of the molecule is C#Cc1ccc(OCc2ccccc2)cc1-c1ccc(OCc2ccccc2)nc1OCc1ccccc1. The minimum Gasteiger partial charge on any atom is -0.489 e. The lowest BCUT2D eigenvalue weighted by molar-refractivity contribution is 0.268. The molecule has 4 nitrogen and oxygen atoms in total. The molecule has 0 atom stereocenters. The van der Waals surface area contributed by atoms with E-state index in [-0.39, 0.29) is 0 Å². The Hall–Kier alpha value is -5.01. The smallest absolute Gasteiger partial charge is 0.225 e. The third kappa shape index (κ3) is 6.40. The molecule has 0 aliphatic rings. The van der Waals surface area contributed by atoms with Gasteiger partial charge in [0.05, 0.1) is 0 Å². The van der Waals surface area contributed by atoms with Crippen molar-refractivity contribution in [1.82, 2.24) is 4.98 Å². The zero-order valence-electron chi connectivity index (χ0n) is 20.9. The quantitative estimate of drug-likeness (QED) is 0.188. The van der Waals surface area contributed by atoms with Gasteiger partial charge in [0.15, 0.2) is 0 Å². The molecule has 0 saturated heterocycles. The van der Waals surface area contributed by atoms with Gasteiger partial charge in [-0.1, -0.05) is 96.9 Å². The van der Waals surface area contributed by atoms with Crippen LogP contribution in [0.4, 0.5) is 0 Å². The Morgan fingerprint density at radius 2 is 1.11 bits per heavy atom. The van der Waals surface area contributed by atoms with Crippen LogP contribution < -0.4 is 14.2 Å². The van der Waals surface area contributed by atoms with Gasteiger partial charge in [0.25, 0.3) is 0 Å². The Balaban J connectivity index is 1.44. The monoisotopic (exact) mass is 497 g/mol. The molecule has 1 aromatic heterocycles. The van der Waals surface area contributed by atoms with Gasteiger partial charge >= 0.3 is 0 Å². The number of terminal acetylenes is 1. The number of pyridine rings is 1. The molecular weight excluding hydrogens is 470 g/mol. The van der Waals surface area contributed by atoms with Crippen LogP contribution in [0, 0.1) is 12.3 Å². The summed E-state index contributed by atoms with van der Waals surface area (Å²) in [5.74, 6) is 4.41. The van der Waals surface area contributed by atoms with Gasteiger partial charge in [0.1, 0.15) is 25.6 Å². The highest BCUT2D eigenvalue weighted by molar-refractivity contribution is 5.76. The molecule has 4 heteroatoms. The molecule has 0 aliphatic heterocycles. The molecule has 1 heterocycles. The predicted molar refractivity (Wildman–Crippen MR) is 150 cm³/mol. The highest BCUT2D eigenvalue weighted by Gasteiger charge is 2.15. The van der Waals surface area contributed by atoms with Gasteiger partial charge in [-0.05, 0) is 41.0 Å². The topological polar surface area (TPSA) is 40.6 Å². The van der Waals surface area contributed by atoms with Crippen LogP contribution in [0.25, 0.3) is 11.1 Å². The minimum atomic E-state index is 0.360. The summed E-state index contributed by atoms with van der Waals surface area (Å²) in [4.78, 5) is 4.72. The van der Waals surface area contributed by atoms with Gasteiger partial charge in [-0.2, -0.15) is 4.98 Å². The Bertz CT molecular complexity index is 1510. The predicted octanol–water partition coefficient (Wildman–Crippen LogP) is 7.47. The maximum absolute atomic E-state index is 6.24. The fourth-order valence-corrected chi connectivity index (χ4v) is 3.98. The molecule has 5 rings (SSSR count). The summed E-state index contributed by atoms with van der Waals surface area (Å²) in [5, 5.41) is 0. The molecule has 186 valence electrons. The van der Waals surface area contributed by atoms with E-state index in [0.29, 0.717) is 37.3 Å². The van der Waals surface area contributed by atoms with Crippen LogP contribution >= 0.6 is 0 Å². The number of benzene rings is 4. The first-order valence-electron chi connectivity index (χ1n) is 12.4. The van der Waals surface area contributed by atoms with Gasteiger partial charge in [0, 0.05) is 22.8 Å². The summed E-state index contributed by atoms with van der Waals surface area (Å²) >= 11 is 0. The van der Waals surface area contributed by atoms with Crippen LogP contribution in [0.2, 0.25) is 0 Å². The number of rotatable bonds is 10. The summed E-state index contributed by atoms with van der Waals surface area (Å²) < 4.78 is 18.3.